The molecule has 2 N–H and O–H groups in total. The average molecular weight is 443 g/mol. The zero-order chi connectivity index (χ0) is 22.5. The minimum Gasteiger partial charge on any atom is -0.493 e. The van der Waals surface area contributed by atoms with E-state index in [1.54, 1.807) is 24.3 Å². The number of imide groups is 1. The number of thioether (sulfide) groups is 1. The van der Waals surface area contributed by atoms with E-state index in [-0.39, 0.29) is 23.7 Å². The maximum Gasteiger partial charge on any atom is 0.293 e. The van der Waals surface area contributed by atoms with Gasteiger partial charge < -0.3 is 15.2 Å². The normalized spacial score (nSPS) is 14.7. The first-order valence-electron chi connectivity index (χ1n) is 8.86. The maximum absolute atomic E-state index is 12.7. The number of hydrogen-bond acceptors (Lipinski definition) is 8. The van der Waals surface area contributed by atoms with Gasteiger partial charge >= 0.3 is 0 Å². The number of benzene rings is 2. The van der Waals surface area contributed by atoms with Crippen LogP contribution in [0, 0.1) is 10.1 Å². The lowest BCUT2D eigenvalue weighted by Crippen LogP contribution is -2.27. The molecule has 0 aliphatic carbocycles. The highest BCUT2D eigenvalue weighted by Gasteiger charge is 2.35. The highest BCUT2D eigenvalue weighted by Crippen LogP contribution is 2.35. The molecule has 1 aliphatic rings. The molecule has 1 heterocycles. The highest BCUT2D eigenvalue weighted by atomic mass is 32.2. The second-order valence-corrected chi connectivity index (χ2v) is 7.35. The van der Waals surface area contributed by atoms with Crippen molar-refractivity contribution >= 4 is 40.6 Å². The van der Waals surface area contributed by atoms with Crippen molar-refractivity contribution in [3.05, 3.63) is 68.6 Å². The van der Waals surface area contributed by atoms with E-state index in [2.05, 4.69) is 0 Å². The number of nitrogens with two attached hydrogens (primary N) is 1. The Bertz CT molecular complexity index is 1080. The Labute approximate surface area is 180 Å². The van der Waals surface area contributed by atoms with Gasteiger partial charge in [-0.2, -0.15) is 0 Å². The Morgan fingerprint density at radius 3 is 2.52 bits per heavy atom. The van der Waals surface area contributed by atoms with Gasteiger partial charge in [0.2, 0.25) is 0 Å². The number of nitro groups is 1. The van der Waals surface area contributed by atoms with Crippen LogP contribution in [0.15, 0.2) is 47.4 Å². The third-order valence-corrected chi connectivity index (χ3v) is 5.12. The molecule has 11 heteroatoms. The molecule has 1 aliphatic heterocycles. The molecule has 3 rings (SSSR count). The number of nitrogens with zero attached hydrogens (tertiary/aromatic N) is 2. The molecule has 0 bridgehead atoms. The van der Waals surface area contributed by atoms with Crippen LogP contribution in [0.25, 0.3) is 6.08 Å². The van der Waals surface area contributed by atoms with Crippen LogP contribution in [0.2, 0.25) is 0 Å². The number of carbonyl (C=O) groups is 3. The summed E-state index contributed by atoms with van der Waals surface area (Å²) in [5.41, 5.74) is 6.17. The first-order valence-corrected chi connectivity index (χ1v) is 9.68. The zero-order valence-corrected chi connectivity index (χ0v) is 17.1. The van der Waals surface area contributed by atoms with Crippen LogP contribution in [0.5, 0.6) is 11.5 Å². The number of rotatable bonds is 8. The van der Waals surface area contributed by atoms with Crippen LogP contribution < -0.4 is 15.2 Å². The van der Waals surface area contributed by atoms with Crippen LogP contribution in [0.3, 0.4) is 0 Å². The molecule has 0 spiro atoms. The lowest BCUT2D eigenvalue weighted by molar-refractivity contribution is -0.384. The summed E-state index contributed by atoms with van der Waals surface area (Å²) in [7, 11) is 1.42. The summed E-state index contributed by atoms with van der Waals surface area (Å²) in [5, 5.41) is 10.3. The van der Waals surface area contributed by atoms with Crippen molar-refractivity contribution in [1.82, 2.24) is 4.90 Å². The number of nitro benzene ring substituents is 1. The molecular formula is C20H17N3O7S. The van der Waals surface area contributed by atoms with E-state index in [0.29, 0.717) is 22.6 Å². The monoisotopic (exact) mass is 443 g/mol. The summed E-state index contributed by atoms with van der Waals surface area (Å²) >= 11 is 0.793. The molecule has 160 valence electrons. The van der Waals surface area contributed by atoms with Gasteiger partial charge in [0, 0.05) is 12.1 Å². The fourth-order valence-corrected chi connectivity index (χ4v) is 3.57. The van der Waals surface area contributed by atoms with Crippen LogP contribution in [-0.2, 0) is 16.1 Å². The van der Waals surface area contributed by atoms with Crippen molar-refractivity contribution < 1.29 is 28.8 Å². The molecule has 0 radical (unpaired) electrons. The Hall–Kier alpha value is -3.86. The lowest BCUT2D eigenvalue weighted by Gasteiger charge is -2.12. The first-order chi connectivity index (χ1) is 14.8. The van der Waals surface area contributed by atoms with Gasteiger partial charge in [-0.3, -0.25) is 29.4 Å². The topological polar surface area (TPSA) is 142 Å². The molecule has 1 saturated heterocycles. The number of hydrogen-bond donors (Lipinski definition) is 1. The van der Waals surface area contributed by atoms with Gasteiger partial charge in [-0.15, -0.1) is 0 Å². The summed E-state index contributed by atoms with van der Waals surface area (Å²) in [6.07, 6.45) is 1.54. The van der Waals surface area contributed by atoms with Crippen LogP contribution >= 0.6 is 11.8 Å². The van der Waals surface area contributed by atoms with Gasteiger partial charge in [0.1, 0.15) is 0 Å². The standard InChI is InChI=1S/C20H17N3O7S/c1-29-16-8-13(4-7-15(16)30-11-18(21)24)9-17-19(25)22(20(26)31-17)10-12-2-5-14(6-3-12)23(27)28/h2-9H,10-11H2,1H3,(H2,21,24)/b17-9-. The zero-order valence-electron chi connectivity index (χ0n) is 16.3. The average Bonchev–Trinajstić information content (AvgIpc) is 3.00. The van der Waals surface area contributed by atoms with Gasteiger partial charge in [-0.1, -0.05) is 18.2 Å². The van der Waals surface area contributed by atoms with E-state index in [1.807, 2.05) is 0 Å². The third kappa shape index (κ3) is 5.20. The van der Waals surface area contributed by atoms with E-state index in [1.165, 1.54) is 31.4 Å². The molecule has 0 unspecified atom stereocenters. The van der Waals surface area contributed by atoms with Crippen molar-refractivity contribution in [2.24, 2.45) is 5.73 Å². The maximum atomic E-state index is 12.7. The molecule has 2 aromatic rings. The predicted molar refractivity (Wildman–Crippen MR) is 112 cm³/mol. The third-order valence-electron chi connectivity index (χ3n) is 4.22. The number of ether oxygens (including phenoxy) is 2. The van der Waals surface area contributed by atoms with E-state index < -0.39 is 22.0 Å². The molecule has 31 heavy (non-hydrogen) atoms. The predicted octanol–water partition coefficient (Wildman–Crippen LogP) is 2.70. The van der Waals surface area contributed by atoms with Gasteiger partial charge in [0.15, 0.2) is 18.1 Å². The van der Waals surface area contributed by atoms with Gasteiger partial charge in [0.25, 0.3) is 22.7 Å². The summed E-state index contributed by atoms with van der Waals surface area (Å²) in [5.74, 6) is -0.459. The van der Waals surface area contributed by atoms with Gasteiger partial charge in [-0.05, 0) is 41.1 Å². The second kappa shape index (κ2) is 9.30. The minimum absolute atomic E-state index is 0.00319. The summed E-state index contributed by atoms with van der Waals surface area (Å²) in [6.45, 7) is -0.305. The van der Waals surface area contributed by atoms with Crippen molar-refractivity contribution in [2.75, 3.05) is 13.7 Å². The Balaban J connectivity index is 1.76. The van der Waals surface area contributed by atoms with Crippen molar-refractivity contribution in [1.29, 1.82) is 0 Å². The van der Waals surface area contributed by atoms with Gasteiger partial charge in [-0.25, -0.2) is 0 Å². The summed E-state index contributed by atoms with van der Waals surface area (Å²) in [4.78, 5) is 47.4. The molecule has 1 fully saturated rings. The minimum atomic E-state index is -0.632. The Morgan fingerprint density at radius 2 is 1.90 bits per heavy atom. The molecule has 0 saturated carbocycles. The van der Waals surface area contributed by atoms with Crippen LogP contribution in [0.1, 0.15) is 11.1 Å². The van der Waals surface area contributed by atoms with Crippen molar-refractivity contribution in [3.63, 3.8) is 0 Å². The van der Waals surface area contributed by atoms with E-state index in [9.17, 15) is 24.5 Å². The molecule has 0 aromatic heterocycles. The Morgan fingerprint density at radius 1 is 1.19 bits per heavy atom. The van der Waals surface area contributed by atoms with E-state index in [4.69, 9.17) is 15.2 Å². The fourth-order valence-electron chi connectivity index (χ4n) is 2.74. The first kappa shape index (κ1) is 21.8. The SMILES string of the molecule is COc1cc(/C=C2\SC(=O)N(Cc3ccc([N+](=O)[O-])cc3)C2=O)ccc1OCC(N)=O. The number of primary amides is 1. The van der Waals surface area contributed by atoms with E-state index >= 15 is 0 Å². The fraction of sp³-hybridized carbons (Fsp3) is 0.150. The van der Waals surface area contributed by atoms with Crippen molar-refractivity contribution in [3.8, 4) is 11.5 Å². The highest BCUT2D eigenvalue weighted by molar-refractivity contribution is 8.18. The number of amides is 3. The largest absolute Gasteiger partial charge is 0.493 e. The molecular weight excluding hydrogens is 426 g/mol. The molecule has 0 atom stereocenters. The summed E-state index contributed by atoms with van der Waals surface area (Å²) < 4.78 is 10.5. The number of methoxy groups -OCH3 is 1. The quantitative estimate of drug-likeness (QED) is 0.373. The molecule has 3 amide bonds. The summed E-state index contributed by atoms with van der Waals surface area (Å²) in [6, 6.07) is 10.4. The number of non-ortho nitro benzene ring substituents is 1. The number of carbonyl (C=O) groups excluding carboxylic acids is 3. The Kier molecular flexibility index (Phi) is 6.55. The van der Waals surface area contributed by atoms with Crippen LogP contribution in [-0.4, -0.2) is 40.6 Å². The van der Waals surface area contributed by atoms with E-state index in [0.717, 1.165) is 16.7 Å². The molecule has 2 aromatic carbocycles. The van der Waals surface area contributed by atoms with Crippen molar-refractivity contribution in [2.45, 2.75) is 6.54 Å². The van der Waals surface area contributed by atoms with Crippen LogP contribution in [0.4, 0.5) is 10.5 Å². The van der Waals surface area contributed by atoms with Gasteiger partial charge in [0.05, 0.1) is 23.5 Å². The lowest BCUT2D eigenvalue weighted by atomic mass is 10.1. The molecule has 10 nitrogen and oxygen atoms in total. The smallest absolute Gasteiger partial charge is 0.293 e. The second-order valence-electron chi connectivity index (χ2n) is 6.36.